The molecule has 0 bridgehead atoms. The second-order valence-corrected chi connectivity index (χ2v) is 7.05. The topological polar surface area (TPSA) is 47.3 Å². The van der Waals surface area contributed by atoms with Crippen LogP contribution in [0.4, 0.5) is 0 Å². The monoisotopic (exact) mass is 367 g/mol. The van der Waals surface area contributed by atoms with E-state index in [1.54, 1.807) is 12.1 Å². The minimum absolute atomic E-state index is 0.0395. The number of hydrogen-bond donors (Lipinski definition) is 0. The summed E-state index contributed by atoms with van der Waals surface area (Å²) in [5.74, 6) is -0.0395. The summed E-state index contributed by atoms with van der Waals surface area (Å²) < 4.78 is 0. The van der Waals surface area contributed by atoms with Crippen LogP contribution in [0.5, 0.6) is 0 Å². The molecule has 1 fully saturated rings. The highest BCUT2D eigenvalue weighted by atomic mass is 35.5. The molecule has 26 heavy (non-hydrogen) atoms. The lowest BCUT2D eigenvalue weighted by atomic mass is 10.0. The van der Waals surface area contributed by atoms with Gasteiger partial charge < -0.3 is 4.90 Å². The number of hydrogen-bond acceptors (Lipinski definition) is 3. The number of rotatable bonds is 4. The highest BCUT2D eigenvalue weighted by Gasteiger charge is 2.27. The lowest BCUT2D eigenvalue weighted by molar-refractivity contribution is 0.0606. The van der Waals surface area contributed by atoms with Gasteiger partial charge in [0.15, 0.2) is 0 Å². The minimum atomic E-state index is -0.171. The third kappa shape index (κ3) is 4.24. The molecule has 1 unspecified atom stereocenters. The fraction of sp³-hybridized carbons (Fsp3) is 0.333. The van der Waals surface area contributed by atoms with Crippen LogP contribution < -0.4 is 0 Å². The third-order valence-electron chi connectivity index (χ3n) is 4.85. The summed E-state index contributed by atoms with van der Waals surface area (Å²) in [4.78, 5) is 16.6. The van der Waals surface area contributed by atoms with Gasteiger partial charge in [0.05, 0.1) is 16.7 Å². The van der Waals surface area contributed by atoms with Gasteiger partial charge in [-0.25, -0.2) is 0 Å². The Balaban J connectivity index is 1.60. The maximum absolute atomic E-state index is 12.6. The molecule has 1 aliphatic rings. The molecule has 1 heterocycles. The van der Waals surface area contributed by atoms with Gasteiger partial charge in [0.1, 0.15) is 6.04 Å². The molecule has 3 rings (SSSR count). The molecule has 0 N–H and O–H groups in total. The Kier molecular flexibility index (Phi) is 5.92. The van der Waals surface area contributed by atoms with Gasteiger partial charge >= 0.3 is 0 Å². The lowest BCUT2D eigenvalue weighted by Crippen LogP contribution is -2.52. The molecular formula is C21H22ClN3O. The highest BCUT2D eigenvalue weighted by Crippen LogP contribution is 2.19. The SMILES string of the molecule is Cc1ccc(CC(C#N)N2CCN(C(=O)c3ccccc3Cl)CC2)cc1. The van der Waals surface area contributed by atoms with E-state index in [-0.39, 0.29) is 11.9 Å². The molecule has 134 valence electrons. The molecule has 2 aromatic carbocycles. The van der Waals surface area contributed by atoms with Crippen molar-refractivity contribution in [1.29, 1.82) is 5.26 Å². The van der Waals surface area contributed by atoms with Crippen molar-refractivity contribution in [2.24, 2.45) is 0 Å². The van der Waals surface area contributed by atoms with Crippen LogP contribution in [0.2, 0.25) is 5.02 Å². The number of benzene rings is 2. The Morgan fingerprint density at radius 1 is 1.12 bits per heavy atom. The van der Waals surface area contributed by atoms with E-state index in [1.165, 1.54) is 5.56 Å². The van der Waals surface area contributed by atoms with Crippen LogP contribution in [-0.2, 0) is 6.42 Å². The van der Waals surface area contributed by atoms with Crippen LogP contribution in [0.25, 0.3) is 0 Å². The first-order chi connectivity index (χ1) is 12.6. The van der Waals surface area contributed by atoms with Gasteiger partial charge in [0.2, 0.25) is 0 Å². The Morgan fingerprint density at radius 2 is 1.77 bits per heavy atom. The molecule has 2 aromatic rings. The summed E-state index contributed by atoms with van der Waals surface area (Å²) >= 11 is 6.14. The van der Waals surface area contributed by atoms with E-state index >= 15 is 0 Å². The molecule has 5 heteroatoms. The Labute approximate surface area is 159 Å². The van der Waals surface area contributed by atoms with Gasteiger partial charge in [-0.1, -0.05) is 53.6 Å². The molecule has 1 amide bonds. The first kappa shape index (κ1) is 18.4. The smallest absolute Gasteiger partial charge is 0.255 e. The van der Waals surface area contributed by atoms with Gasteiger partial charge in [0, 0.05) is 32.6 Å². The van der Waals surface area contributed by atoms with E-state index in [4.69, 9.17) is 11.6 Å². The average molecular weight is 368 g/mol. The number of carbonyl (C=O) groups is 1. The first-order valence-corrected chi connectivity index (χ1v) is 9.19. The maximum atomic E-state index is 12.6. The van der Waals surface area contributed by atoms with Crippen molar-refractivity contribution in [2.45, 2.75) is 19.4 Å². The average Bonchev–Trinajstić information content (AvgIpc) is 2.67. The predicted molar refractivity (Wildman–Crippen MR) is 103 cm³/mol. The van der Waals surface area contributed by atoms with Gasteiger partial charge in [-0.15, -0.1) is 0 Å². The van der Waals surface area contributed by atoms with Crippen LogP contribution in [0.3, 0.4) is 0 Å². The summed E-state index contributed by atoms with van der Waals surface area (Å²) in [6.07, 6.45) is 0.704. The molecule has 0 radical (unpaired) electrons. The molecular weight excluding hydrogens is 346 g/mol. The number of carbonyl (C=O) groups excluding carboxylic acids is 1. The predicted octanol–water partition coefficient (Wildman–Crippen LogP) is 3.54. The second-order valence-electron chi connectivity index (χ2n) is 6.64. The number of amides is 1. The van der Waals surface area contributed by atoms with E-state index in [0.29, 0.717) is 43.2 Å². The molecule has 0 aliphatic carbocycles. The molecule has 1 atom stereocenters. The molecule has 4 nitrogen and oxygen atoms in total. The van der Waals surface area contributed by atoms with Gasteiger partial charge in [-0.3, -0.25) is 9.69 Å². The van der Waals surface area contributed by atoms with Crippen molar-refractivity contribution in [3.63, 3.8) is 0 Å². The van der Waals surface area contributed by atoms with Crippen molar-refractivity contribution in [2.75, 3.05) is 26.2 Å². The normalized spacial score (nSPS) is 16.1. The van der Waals surface area contributed by atoms with Crippen molar-refractivity contribution in [1.82, 2.24) is 9.80 Å². The summed E-state index contributed by atoms with van der Waals surface area (Å²) in [5, 5.41) is 10.1. The Hall–Kier alpha value is -2.35. The molecule has 1 saturated heterocycles. The third-order valence-corrected chi connectivity index (χ3v) is 5.17. The fourth-order valence-corrected chi connectivity index (χ4v) is 3.46. The minimum Gasteiger partial charge on any atom is -0.336 e. The summed E-state index contributed by atoms with van der Waals surface area (Å²) in [7, 11) is 0. The van der Waals surface area contributed by atoms with Crippen LogP contribution in [0.1, 0.15) is 21.5 Å². The van der Waals surface area contributed by atoms with Crippen molar-refractivity contribution < 1.29 is 4.79 Å². The Bertz CT molecular complexity index is 805. The van der Waals surface area contributed by atoms with Gasteiger partial charge in [0.25, 0.3) is 5.91 Å². The highest BCUT2D eigenvalue weighted by molar-refractivity contribution is 6.33. The first-order valence-electron chi connectivity index (χ1n) is 8.81. The van der Waals surface area contributed by atoms with Crippen LogP contribution >= 0.6 is 11.6 Å². The van der Waals surface area contributed by atoms with Gasteiger partial charge in [-0.05, 0) is 24.6 Å². The standard InChI is InChI=1S/C21H22ClN3O/c1-16-6-8-17(9-7-16)14-18(15-23)24-10-12-25(13-11-24)21(26)19-4-2-3-5-20(19)22/h2-9,18H,10-14H2,1H3. The second kappa shape index (κ2) is 8.35. The van der Waals surface area contributed by atoms with Crippen molar-refractivity contribution >= 4 is 17.5 Å². The van der Waals surface area contributed by atoms with E-state index < -0.39 is 0 Å². The van der Waals surface area contributed by atoms with E-state index in [2.05, 4.69) is 42.2 Å². The number of piperazine rings is 1. The number of nitriles is 1. The Morgan fingerprint density at radius 3 is 2.38 bits per heavy atom. The summed E-state index contributed by atoms with van der Waals surface area (Å²) in [6.45, 7) is 4.66. The number of nitrogens with zero attached hydrogens (tertiary/aromatic N) is 3. The molecule has 0 saturated carbocycles. The molecule has 0 aromatic heterocycles. The molecule has 0 spiro atoms. The van der Waals surface area contributed by atoms with Crippen LogP contribution in [0.15, 0.2) is 48.5 Å². The summed E-state index contributed by atoms with van der Waals surface area (Å²) in [6, 6.07) is 17.7. The molecule has 1 aliphatic heterocycles. The number of halogens is 1. The lowest BCUT2D eigenvalue weighted by Gasteiger charge is -2.37. The van der Waals surface area contributed by atoms with E-state index in [1.807, 2.05) is 17.0 Å². The van der Waals surface area contributed by atoms with Crippen LogP contribution in [0, 0.1) is 18.3 Å². The zero-order valence-corrected chi connectivity index (χ0v) is 15.6. The van der Waals surface area contributed by atoms with Gasteiger partial charge in [-0.2, -0.15) is 5.26 Å². The summed E-state index contributed by atoms with van der Waals surface area (Å²) in [5.41, 5.74) is 2.92. The van der Waals surface area contributed by atoms with Crippen LogP contribution in [-0.4, -0.2) is 47.9 Å². The largest absolute Gasteiger partial charge is 0.336 e. The van der Waals surface area contributed by atoms with E-state index in [0.717, 1.165) is 5.56 Å². The quantitative estimate of drug-likeness (QED) is 0.830. The fourth-order valence-electron chi connectivity index (χ4n) is 3.25. The zero-order valence-electron chi connectivity index (χ0n) is 14.9. The maximum Gasteiger partial charge on any atom is 0.255 e. The number of aryl methyl sites for hydroxylation is 1. The van der Waals surface area contributed by atoms with E-state index in [9.17, 15) is 10.1 Å². The van der Waals surface area contributed by atoms with Crippen molar-refractivity contribution in [3.8, 4) is 6.07 Å². The zero-order chi connectivity index (χ0) is 18.5. The van der Waals surface area contributed by atoms with Crippen molar-refractivity contribution in [3.05, 3.63) is 70.2 Å².